The van der Waals surface area contributed by atoms with Crippen LogP contribution in [0.1, 0.15) is 52.0 Å². The third-order valence-corrected chi connectivity index (χ3v) is 4.35. The maximum Gasteiger partial charge on any atom is 0.408 e. The van der Waals surface area contributed by atoms with Gasteiger partial charge in [0.1, 0.15) is 6.61 Å². The first-order valence-electron chi connectivity index (χ1n) is 9.39. The number of hydrogen-bond donors (Lipinski definition) is 3. The van der Waals surface area contributed by atoms with E-state index < -0.39 is 29.4 Å². The van der Waals surface area contributed by atoms with Gasteiger partial charge >= 0.3 is 6.09 Å². The summed E-state index contributed by atoms with van der Waals surface area (Å²) in [7, 11) is 0. The van der Waals surface area contributed by atoms with Crippen LogP contribution in [0.2, 0.25) is 0 Å². The largest absolute Gasteiger partial charge is 0.488 e. The second kappa shape index (κ2) is 10.8. The minimum atomic E-state index is -1.15. The van der Waals surface area contributed by atoms with Crippen LogP contribution in [0.25, 0.3) is 0 Å². The van der Waals surface area contributed by atoms with Crippen molar-refractivity contribution in [2.75, 3.05) is 13.2 Å². The van der Waals surface area contributed by atoms with Crippen LogP contribution in [0.5, 0.6) is 5.75 Å². The summed E-state index contributed by atoms with van der Waals surface area (Å²) in [6, 6.07) is 4.15. The average Bonchev–Trinajstić information content (AvgIpc) is 2.58. The fraction of sp³-hybridized carbons (Fsp3) is 0.600. The highest BCUT2D eigenvalue weighted by Gasteiger charge is 2.34. The van der Waals surface area contributed by atoms with Crippen molar-refractivity contribution in [1.82, 2.24) is 4.90 Å². The topological polar surface area (TPSA) is 113 Å². The number of aliphatic hydroxyl groups excluding tert-OH is 1. The number of rotatable bonds is 11. The van der Waals surface area contributed by atoms with Gasteiger partial charge in [-0.05, 0) is 58.1 Å². The number of hydrogen-bond acceptors (Lipinski definition) is 4. The van der Waals surface area contributed by atoms with Crippen LogP contribution in [-0.4, -0.2) is 51.9 Å². The van der Waals surface area contributed by atoms with Crippen LogP contribution in [0, 0.1) is 5.82 Å². The van der Waals surface area contributed by atoms with Crippen LogP contribution in [0.3, 0.4) is 0 Å². The lowest BCUT2D eigenvalue weighted by Gasteiger charge is -2.39. The van der Waals surface area contributed by atoms with Gasteiger partial charge in [-0.25, -0.2) is 9.18 Å². The first-order valence-corrected chi connectivity index (χ1v) is 9.39. The molecule has 2 amide bonds. The Kier molecular flexibility index (Phi) is 9.18. The van der Waals surface area contributed by atoms with Gasteiger partial charge in [0.15, 0.2) is 11.6 Å². The molecular weight excluding hydrogens is 367 g/mol. The number of unbranched alkanes of at least 4 members (excludes halogenated alkanes) is 1. The summed E-state index contributed by atoms with van der Waals surface area (Å²) in [5.74, 6) is -1.00. The maximum atomic E-state index is 14.7. The normalized spacial score (nSPS) is 12.5. The van der Waals surface area contributed by atoms with Crippen LogP contribution in [0.15, 0.2) is 18.2 Å². The van der Waals surface area contributed by atoms with E-state index in [-0.39, 0.29) is 31.8 Å². The molecule has 4 N–H and O–H groups in total. The number of nitrogens with two attached hydrogens (primary N) is 1. The standard InChI is InChI=1S/C20H31FN2O5/c1-20(2,3)23(19(26)27)15(10-11-17(22)25)13-28-16-9-6-8-14(18(16)21)7-4-5-12-24/h6,8-9,15,24H,4-5,7,10-13H2,1-3H3,(H2,22,25)(H,26,27)/t15-/m0/s1. The number of benzene rings is 1. The highest BCUT2D eigenvalue weighted by atomic mass is 19.1. The number of halogens is 1. The summed E-state index contributed by atoms with van der Waals surface area (Å²) < 4.78 is 20.3. The van der Waals surface area contributed by atoms with Crippen molar-refractivity contribution >= 4 is 12.0 Å². The third-order valence-electron chi connectivity index (χ3n) is 4.35. The number of ether oxygens (including phenoxy) is 1. The highest BCUT2D eigenvalue weighted by Crippen LogP contribution is 2.25. The van der Waals surface area contributed by atoms with Crippen molar-refractivity contribution in [3.63, 3.8) is 0 Å². The monoisotopic (exact) mass is 398 g/mol. The Labute approximate surface area is 165 Å². The SMILES string of the molecule is CC(C)(C)N(C(=O)O)[C@@H](CCC(N)=O)COc1cccc(CCCCO)c1F. The van der Waals surface area contributed by atoms with E-state index in [2.05, 4.69) is 0 Å². The van der Waals surface area contributed by atoms with Gasteiger partial charge in [0.25, 0.3) is 0 Å². The molecule has 158 valence electrons. The molecule has 1 aromatic carbocycles. The lowest BCUT2D eigenvalue weighted by Crippen LogP contribution is -2.53. The molecule has 0 aliphatic carbocycles. The van der Waals surface area contributed by atoms with E-state index in [1.54, 1.807) is 32.9 Å². The van der Waals surface area contributed by atoms with Crippen molar-refractivity contribution in [2.45, 2.75) is 64.5 Å². The van der Waals surface area contributed by atoms with Gasteiger partial charge in [0.2, 0.25) is 5.91 Å². The summed E-state index contributed by atoms with van der Waals surface area (Å²) in [5.41, 5.74) is 4.96. The molecule has 0 bridgehead atoms. The molecule has 0 spiro atoms. The van der Waals surface area contributed by atoms with Crippen LogP contribution < -0.4 is 10.5 Å². The second-order valence-corrected chi connectivity index (χ2v) is 7.70. The van der Waals surface area contributed by atoms with Gasteiger partial charge in [0, 0.05) is 18.6 Å². The zero-order valence-corrected chi connectivity index (χ0v) is 16.8. The summed E-state index contributed by atoms with van der Waals surface area (Å²) in [5, 5.41) is 18.5. The van der Waals surface area contributed by atoms with Crippen molar-refractivity contribution < 1.29 is 28.9 Å². The molecule has 1 rings (SSSR count). The average molecular weight is 398 g/mol. The highest BCUT2D eigenvalue weighted by molar-refractivity contribution is 5.74. The number of aryl methyl sites for hydroxylation is 1. The Hall–Kier alpha value is -2.35. The minimum absolute atomic E-state index is 0.00241. The van der Waals surface area contributed by atoms with E-state index in [9.17, 15) is 19.1 Å². The Morgan fingerprint density at radius 3 is 2.50 bits per heavy atom. The molecule has 1 aromatic rings. The Bertz CT molecular complexity index is 660. The lowest BCUT2D eigenvalue weighted by atomic mass is 10.0. The number of carbonyl (C=O) groups excluding carboxylic acids is 1. The van der Waals surface area contributed by atoms with Gasteiger partial charge in [0.05, 0.1) is 6.04 Å². The van der Waals surface area contributed by atoms with Crippen molar-refractivity contribution in [3.05, 3.63) is 29.6 Å². The van der Waals surface area contributed by atoms with Crippen molar-refractivity contribution in [2.24, 2.45) is 5.73 Å². The zero-order chi connectivity index (χ0) is 21.3. The maximum absolute atomic E-state index is 14.7. The molecule has 0 saturated heterocycles. The molecule has 0 fully saturated rings. The molecular formula is C20H31FN2O5. The number of carbonyl (C=O) groups is 2. The van der Waals surface area contributed by atoms with E-state index in [0.29, 0.717) is 24.8 Å². The number of primary amides is 1. The molecule has 0 aliphatic rings. The second-order valence-electron chi connectivity index (χ2n) is 7.70. The Balaban J connectivity index is 2.96. The fourth-order valence-electron chi connectivity index (χ4n) is 3.06. The predicted molar refractivity (Wildman–Crippen MR) is 104 cm³/mol. The van der Waals surface area contributed by atoms with Gasteiger partial charge in [-0.15, -0.1) is 0 Å². The van der Waals surface area contributed by atoms with Crippen LogP contribution >= 0.6 is 0 Å². The molecule has 0 heterocycles. The first kappa shape index (κ1) is 23.7. The van der Waals surface area contributed by atoms with E-state index in [1.165, 1.54) is 11.0 Å². The molecule has 0 unspecified atom stereocenters. The molecule has 0 saturated carbocycles. The van der Waals surface area contributed by atoms with E-state index in [0.717, 1.165) is 0 Å². The number of carboxylic acid groups (broad SMARTS) is 1. The summed E-state index contributed by atoms with van der Waals surface area (Å²) in [4.78, 5) is 24.2. The summed E-state index contributed by atoms with van der Waals surface area (Å²) in [6.45, 7) is 5.16. The first-order chi connectivity index (χ1) is 13.1. The quantitative estimate of drug-likeness (QED) is 0.496. The van der Waals surface area contributed by atoms with Crippen LogP contribution in [0.4, 0.5) is 9.18 Å². The van der Waals surface area contributed by atoms with Gasteiger partial charge < -0.3 is 20.7 Å². The molecule has 0 radical (unpaired) electrons. The molecule has 0 aliphatic heterocycles. The lowest BCUT2D eigenvalue weighted by molar-refractivity contribution is -0.118. The van der Waals surface area contributed by atoms with E-state index in [4.69, 9.17) is 15.6 Å². The number of aliphatic hydroxyl groups is 1. The van der Waals surface area contributed by atoms with Gasteiger partial charge in [-0.3, -0.25) is 9.69 Å². The molecule has 28 heavy (non-hydrogen) atoms. The molecule has 1 atom stereocenters. The predicted octanol–water partition coefficient (Wildman–Crippen LogP) is 2.93. The summed E-state index contributed by atoms with van der Waals surface area (Å²) in [6.07, 6.45) is 0.726. The van der Waals surface area contributed by atoms with E-state index in [1.807, 2.05) is 0 Å². The fourth-order valence-corrected chi connectivity index (χ4v) is 3.06. The molecule has 8 heteroatoms. The van der Waals surface area contributed by atoms with Gasteiger partial charge in [-0.1, -0.05) is 12.1 Å². The third kappa shape index (κ3) is 7.34. The van der Waals surface area contributed by atoms with Crippen molar-refractivity contribution in [1.29, 1.82) is 0 Å². The van der Waals surface area contributed by atoms with Crippen molar-refractivity contribution in [3.8, 4) is 5.75 Å². The smallest absolute Gasteiger partial charge is 0.408 e. The zero-order valence-electron chi connectivity index (χ0n) is 16.8. The number of nitrogens with zero attached hydrogens (tertiary/aromatic N) is 1. The minimum Gasteiger partial charge on any atom is -0.488 e. The Morgan fingerprint density at radius 1 is 1.29 bits per heavy atom. The molecule has 7 nitrogen and oxygen atoms in total. The van der Waals surface area contributed by atoms with E-state index >= 15 is 0 Å². The summed E-state index contributed by atoms with van der Waals surface area (Å²) >= 11 is 0. The Morgan fingerprint density at radius 2 is 1.96 bits per heavy atom. The van der Waals surface area contributed by atoms with Gasteiger partial charge in [-0.2, -0.15) is 0 Å². The van der Waals surface area contributed by atoms with Crippen LogP contribution in [-0.2, 0) is 11.2 Å². The molecule has 0 aromatic heterocycles. The number of amides is 2.